The third kappa shape index (κ3) is 1.80. The monoisotopic (exact) mass is 248 g/mol. The summed E-state index contributed by atoms with van der Waals surface area (Å²) in [5, 5.41) is 8.94. The van der Waals surface area contributed by atoms with E-state index < -0.39 is 0 Å². The summed E-state index contributed by atoms with van der Waals surface area (Å²) in [6, 6.07) is 3.90. The van der Waals surface area contributed by atoms with Crippen LogP contribution in [-0.2, 0) is 6.54 Å². The Morgan fingerprint density at radius 1 is 1.28 bits per heavy atom. The Morgan fingerprint density at radius 2 is 2.00 bits per heavy atom. The molecule has 0 unspecified atom stereocenters. The Labute approximate surface area is 105 Å². The van der Waals surface area contributed by atoms with Gasteiger partial charge in [-0.2, -0.15) is 0 Å². The molecule has 0 saturated carbocycles. The molecule has 0 atom stereocenters. The van der Waals surface area contributed by atoms with Crippen molar-refractivity contribution in [3.8, 4) is 11.5 Å². The molecule has 0 radical (unpaired) electrons. The van der Waals surface area contributed by atoms with Gasteiger partial charge in [0.05, 0.1) is 11.0 Å². The number of aliphatic hydroxyl groups is 1. The van der Waals surface area contributed by atoms with Gasteiger partial charge >= 0.3 is 0 Å². The fraction of sp³-hybridized carbons (Fsp3) is 0.462. The van der Waals surface area contributed by atoms with E-state index in [0.29, 0.717) is 13.2 Å². The maximum absolute atomic E-state index is 8.94. The molecule has 0 spiro atoms. The normalized spacial score (nSPS) is 14.1. The molecule has 0 fully saturated rings. The van der Waals surface area contributed by atoms with Gasteiger partial charge in [0, 0.05) is 25.3 Å². The topological polar surface area (TPSA) is 56.5 Å². The van der Waals surface area contributed by atoms with E-state index in [4.69, 9.17) is 14.6 Å². The second-order valence-corrected chi connectivity index (χ2v) is 4.37. The summed E-state index contributed by atoms with van der Waals surface area (Å²) in [4.78, 5) is 4.52. The summed E-state index contributed by atoms with van der Waals surface area (Å²) < 4.78 is 13.2. The van der Waals surface area contributed by atoms with Gasteiger partial charge in [-0.3, -0.25) is 0 Å². The van der Waals surface area contributed by atoms with Crippen molar-refractivity contribution in [1.82, 2.24) is 9.55 Å². The zero-order valence-corrected chi connectivity index (χ0v) is 10.3. The van der Waals surface area contributed by atoms with E-state index in [-0.39, 0.29) is 6.61 Å². The number of hydrogen-bond acceptors (Lipinski definition) is 4. The third-order valence-electron chi connectivity index (χ3n) is 3.14. The molecule has 1 aliphatic heterocycles. The van der Waals surface area contributed by atoms with Crippen LogP contribution >= 0.6 is 0 Å². The number of rotatable bonds is 3. The number of benzene rings is 1. The highest BCUT2D eigenvalue weighted by Crippen LogP contribution is 2.34. The average Bonchev–Trinajstić information content (AvgIpc) is 2.68. The number of ether oxygens (including phenoxy) is 2. The molecule has 18 heavy (non-hydrogen) atoms. The number of aliphatic hydroxyl groups excluding tert-OH is 1. The average molecular weight is 248 g/mol. The number of aryl methyl sites for hydroxylation is 2. The van der Waals surface area contributed by atoms with Gasteiger partial charge in [0.15, 0.2) is 11.5 Å². The Kier molecular flexibility index (Phi) is 2.83. The molecular weight excluding hydrogens is 232 g/mol. The molecule has 2 aromatic rings. The van der Waals surface area contributed by atoms with Crippen LogP contribution in [0, 0.1) is 6.92 Å². The zero-order valence-electron chi connectivity index (χ0n) is 10.3. The molecule has 96 valence electrons. The van der Waals surface area contributed by atoms with E-state index in [0.717, 1.165) is 41.3 Å². The van der Waals surface area contributed by atoms with Crippen molar-refractivity contribution in [1.29, 1.82) is 0 Å². The molecular formula is C13H16N2O3. The summed E-state index contributed by atoms with van der Waals surface area (Å²) in [5.41, 5.74) is 1.94. The second kappa shape index (κ2) is 4.49. The SMILES string of the molecule is Cc1nc2cc3c(cc2n1CCCO)OCCO3. The van der Waals surface area contributed by atoms with E-state index in [9.17, 15) is 0 Å². The van der Waals surface area contributed by atoms with Crippen LogP contribution in [0.4, 0.5) is 0 Å². The van der Waals surface area contributed by atoms with E-state index in [2.05, 4.69) is 9.55 Å². The molecule has 5 nitrogen and oxygen atoms in total. The van der Waals surface area contributed by atoms with Crippen molar-refractivity contribution in [3.05, 3.63) is 18.0 Å². The lowest BCUT2D eigenvalue weighted by atomic mass is 10.2. The largest absolute Gasteiger partial charge is 0.486 e. The molecule has 1 aromatic carbocycles. The van der Waals surface area contributed by atoms with Crippen LogP contribution in [0.2, 0.25) is 0 Å². The first-order valence-corrected chi connectivity index (χ1v) is 6.17. The molecule has 0 amide bonds. The minimum absolute atomic E-state index is 0.184. The van der Waals surface area contributed by atoms with Crippen molar-refractivity contribution in [2.45, 2.75) is 19.9 Å². The van der Waals surface area contributed by atoms with Crippen molar-refractivity contribution >= 4 is 11.0 Å². The van der Waals surface area contributed by atoms with Gasteiger partial charge in [-0.25, -0.2) is 4.98 Å². The van der Waals surface area contributed by atoms with Crippen molar-refractivity contribution in [2.24, 2.45) is 0 Å². The molecule has 1 N–H and O–H groups in total. The first-order chi connectivity index (χ1) is 8.79. The standard InChI is InChI=1S/C13H16N2O3/c1-9-14-10-7-12-13(18-6-5-17-12)8-11(10)15(9)3-2-4-16/h7-8,16H,2-6H2,1H3. The molecule has 0 bridgehead atoms. The quantitative estimate of drug-likeness (QED) is 0.894. The highest BCUT2D eigenvalue weighted by Gasteiger charge is 2.16. The third-order valence-corrected chi connectivity index (χ3v) is 3.14. The van der Waals surface area contributed by atoms with Gasteiger partial charge in [-0.15, -0.1) is 0 Å². The van der Waals surface area contributed by atoms with Crippen molar-refractivity contribution < 1.29 is 14.6 Å². The summed E-state index contributed by atoms with van der Waals surface area (Å²) in [6.07, 6.45) is 0.723. The Hall–Kier alpha value is -1.75. The predicted molar refractivity (Wildman–Crippen MR) is 67.2 cm³/mol. The molecule has 5 heteroatoms. The number of nitrogens with zero attached hydrogens (tertiary/aromatic N) is 2. The lowest BCUT2D eigenvalue weighted by Crippen LogP contribution is -2.15. The molecule has 2 heterocycles. The van der Waals surface area contributed by atoms with Gasteiger partial charge in [0.1, 0.15) is 19.0 Å². The maximum atomic E-state index is 8.94. The fourth-order valence-corrected chi connectivity index (χ4v) is 2.29. The van der Waals surface area contributed by atoms with E-state index in [1.807, 2.05) is 19.1 Å². The first kappa shape index (κ1) is 11.3. The minimum atomic E-state index is 0.184. The maximum Gasteiger partial charge on any atom is 0.163 e. The predicted octanol–water partition coefficient (Wildman–Crippen LogP) is 1.50. The lowest BCUT2D eigenvalue weighted by Gasteiger charge is -2.18. The molecule has 1 aromatic heterocycles. The van der Waals surface area contributed by atoms with Crippen LogP contribution in [-0.4, -0.2) is 34.5 Å². The summed E-state index contributed by atoms with van der Waals surface area (Å²) in [6.45, 7) is 4.09. The minimum Gasteiger partial charge on any atom is -0.486 e. The first-order valence-electron chi connectivity index (χ1n) is 6.17. The van der Waals surface area contributed by atoms with Crippen LogP contribution in [0.5, 0.6) is 11.5 Å². The molecule has 3 rings (SSSR count). The van der Waals surface area contributed by atoms with Gasteiger partial charge in [0.2, 0.25) is 0 Å². The van der Waals surface area contributed by atoms with Crippen LogP contribution in [0.1, 0.15) is 12.2 Å². The zero-order chi connectivity index (χ0) is 12.5. The molecule has 0 saturated heterocycles. The highest BCUT2D eigenvalue weighted by molar-refractivity contribution is 5.80. The van der Waals surface area contributed by atoms with Gasteiger partial charge in [-0.1, -0.05) is 0 Å². The lowest BCUT2D eigenvalue weighted by molar-refractivity contribution is 0.172. The van der Waals surface area contributed by atoms with E-state index in [1.165, 1.54) is 0 Å². The highest BCUT2D eigenvalue weighted by atomic mass is 16.6. The summed E-state index contributed by atoms with van der Waals surface area (Å²) in [5.74, 6) is 2.49. The van der Waals surface area contributed by atoms with Crippen LogP contribution in [0.25, 0.3) is 11.0 Å². The summed E-state index contributed by atoms with van der Waals surface area (Å²) in [7, 11) is 0. The van der Waals surface area contributed by atoms with Gasteiger partial charge in [0.25, 0.3) is 0 Å². The Bertz CT molecular complexity index is 577. The summed E-state index contributed by atoms with van der Waals surface area (Å²) >= 11 is 0. The molecule has 0 aliphatic carbocycles. The fourth-order valence-electron chi connectivity index (χ4n) is 2.29. The van der Waals surface area contributed by atoms with Crippen LogP contribution in [0.3, 0.4) is 0 Å². The Morgan fingerprint density at radius 3 is 2.72 bits per heavy atom. The smallest absolute Gasteiger partial charge is 0.163 e. The molecule has 1 aliphatic rings. The van der Waals surface area contributed by atoms with Crippen molar-refractivity contribution in [3.63, 3.8) is 0 Å². The second-order valence-electron chi connectivity index (χ2n) is 4.37. The van der Waals surface area contributed by atoms with Crippen LogP contribution in [0.15, 0.2) is 12.1 Å². The van der Waals surface area contributed by atoms with Gasteiger partial charge in [-0.05, 0) is 13.3 Å². The van der Waals surface area contributed by atoms with Crippen molar-refractivity contribution in [2.75, 3.05) is 19.8 Å². The number of hydrogen-bond donors (Lipinski definition) is 1. The van der Waals surface area contributed by atoms with E-state index in [1.54, 1.807) is 0 Å². The Balaban J connectivity index is 2.10. The number of imidazole rings is 1. The van der Waals surface area contributed by atoms with Gasteiger partial charge < -0.3 is 19.1 Å². The van der Waals surface area contributed by atoms with E-state index >= 15 is 0 Å². The number of aromatic nitrogens is 2. The number of fused-ring (bicyclic) bond motifs is 2. The van der Waals surface area contributed by atoms with Crippen LogP contribution < -0.4 is 9.47 Å².